The van der Waals surface area contributed by atoms with Crippen LogP contribution in [0.5, 0.6) is 0 Å². The third-order valence-corrected chi connectivity index (χ3v) is 6.69. The maximum atomic E-state index is 12.3. The Morgan fingerprint density at radius 2 is 1.86 bits per heavy atom. The van der Waals surface area contributed by atoms with Gasteiger partial charge in [0.1, 0.15) is 4.21 Å². The lowest BCUT2D eigenvalue weighted by atomic mass is 9.87. The van der Waals surface area contributed by atoms with Crippen molar-refractivity contribution in [3.05, 3.63) is 44.7 Å². The third kappa shape index (κ3) is 4.00. The van der Waals surface area contributed by atoms with Crippen LogP contribution in [0.4, 0.5) is 5.69 Å². The van der Waals surface area contributed by atoms with E-state index in [0.717, 1.165) is 20.7 Å². The molecule has 0 atom stereocenters. The van der Waals surface area contributed by atoms with Gasteiger partial charge in [-0.25, -0.2) is 8.42 Å². The van der Waals surface area contributed by atoms with Crippen molar-refractivity contribution in [1.29, 1.82) is 0 Å². The molecule has 0 aliphatic rings. The fourth-order valence-corrected chi connectivity index (χ4v) is 5.07. The Bertz CT molecular complexity index is 764. The molecule has 1 aromatic carbocycles. The Morgan fingerprint density at radius 1 is 1.19 bits per heavy atom. The number of benzene rings is 1. The average Bonchev–Trinajstić information content (AvgIpc) is 2.78. The van der Waals surface area contributed by atoms with Crippen LogP contribution in [0, 0.1) is 0 Å². The van der Waals surface area contributed by atoms with E-state index < -0.39 is 10.0 Å². The predicted molar refractivity (Wildman–Crippen MR) is 93.0 cm³/mol. The number of halogens is 2. The fourth-order valence-electron chi connectivity index (χ4n) is 1.70. The van der Waals surface area contributed by atoms with Crippen LogP contribution >= 0.6 is 38.9 Å². The molecule has 1 heterocycles. The van der Waals surface area contributed by atoms with Crippen molar-refractivity contribution in [1.82, 2.24) is 0 Å². The van der Waals surface area contributed by atoms with Gasteiger partial charge in [-0.3, -0.25) is 4.72 Å². The molecular formula is C14H15BrClNO2S2. The Kier molecular flexibility index (Phi) is 4.73. The van der Waals surface area contributed by atoms with Crippen molar-refractivity contribution in [2.45, 2.75) is 30.4 Å². The standard InChI is InChI=1S/C14H15BrClNO2S2/c1-14(2,3)9-4-5-11(10(16)8-9)17-21(18,19)13-7-6-12(15)20-13/h4-8,17H,1-3H3. The summed E-state index contributed by atoms with van der Waals surface area (Å²) in [4.78, 5) is 0. The number of anilines is 1. The molecule has 114 valence electrons. The van der Waals surface area contributed by atoms with Gasteiger partial charge in [0.25, 0.3) is 10.0 Å². The molecule has 21 heavy (non-hydrogen) atoms. The number of rotatable bonds is 3. The molecule has 0 spiro atoms. The second-order valence-electron chi connectivity index (χ2n) is 5.61. The number of thiophene rings is 1. The summed E-state index contributed by atoms with van der Waals surface area (Å²) < 4.78 is 28.1. The van der Waals surface area contributed by atoms with Crippen molar-refractivity contribution < 1.29 is 8.42 Å². The van der Waals surface area contributed by atoms with Gasteiger partial charge in [-0.15, -0.1) is 11.3 Å². The minimum atomic E-state index is -3.61. The number of hydrogen-bond acceptors (Lipinski definition) is 3. The number of nitrogens with one attached hydrogen (secondary N) is 1. The van der Waals surface area contributed by atoms with E-state index in [9.17, 15) is 8.42 Å². The smallest absolute Gasteiger partial charge is 0.271 e. The fraction of sp³-hybridized carbons (Fsp3) is 0.286. The molecule has 0 radical (unpaired) electrons. The molecule has 3 nitrogen and oxygen atoms in total. The highest BCUT2D eigenvalue weighted by atomic mass is 79.9. The lowest BCUT2D eigenvalue weighted by Gasteiger charge is -2.20. The van der Waals surface area contributed by atoms with E-state index in [1.165, 1.54) is 0 Å². The van der Waals surface area contributed by atoms with Gasteiger partial charge in [-0.2, -0.15) is 0 Å². The van der Waals surface area contributed by atoms with Crippen molar-refractivity contribution in [2.24, 2.45) is 0 Å². The maximum absolute atomic E-state index is 12.3. The van der Waals surface area contributed by atoms with E-state index in [2.05, 4.69) is 41.4 Å². The van der Waals surface area contributed by atoms with E-state index in [-0.39, 0.29) is 9.62 Å². The van der Waals surface area contributed by atoms with Crippen LogP contribution in [0.3, 0.4) is 0 Å². The Balaban J connectivity index is 2.32. The van der Waals surface area contributed by atoms with Gasteiger partial charge < -0.3 is 0 Å². The largest absolute Gasteiger partial charge is 0.277 e. The van der Waals surface area contributed by atoms with Crippen LogP contribution in [0.2, 0.25) is 5.02 Å². The van der Waals surface area contributed by atoms with E-state index in [4.69, 9.17) is 11.6 Å². The monoisotopic (exact) mass is 407 g/mol. The Labute approximate surface area is 142 Å². The molecule has 0 aliphatic carbocycles. The van der Waals surface area contributed by atoms with Gasteiger partial charge in [0, 0.05) is 0 Å². The zero-order valence-corrected chi connectivity index (χ0v) is 15.8. The van der Waals surface area contributed by atoms with Crippen LogP contribution in [-0.2, 0) is 15.4 Å². The van der Waals surface area contributed by atoms with Crippen LogP contribution in [-0.4, -0.2) is 8.42 Å². The second-order valence-corrected chi connectivity index (χ2v) is 10.4. The molecule has 0 saturated carbocycles. The van der Waals surface area contributed by atoms with Crippen molar-refractivity contribution >= 4 is 54.6 Å². The van der Waals surface area contributed by atoms with E-state index >= 15 is 0 Å². The van der Waals surface area contributed by atoms with Crippen molar-refractivity contribution in [3.63, 3.8) is 0 Å². The quantitative estimate of drug-likeness (QED) is 0.752. The zero-order chi connectivity index (χ0) is 15.8. The number of hydrogen-bond donors (Lipinski definition) is 1. The van der Waals surface area contributed by atoms with Crippen LogP contribution in [0.1, 0.15) is 26.3 Å². The maximum Gasteiger partial charge on any atom is 0.271 e. The molecule has 0 bridgehead atoms. The van der Waals surface area contributed by atoms with Gasteiger partial charge in [-0.05, 0) is 51.2 Å². The first-order valence-corrected chi connectivity index (χ1v) is 9.65. The zero-order valence-electron chi connectivity index (χ0n) is 11.8. The molecule has 1 aromatic heterocycles. The molecule has 2 aromatic rings. The average molecular weight is 409 g/mol. The van der Waals surface area contributed by atoms with Crippen LogP contribution in [0.15, 0.2) is 38.3 Å². The molecule has 0 aliphatic heterocycles. The topological polar surface area (TPSA) is 46.2 Å². The molecule has 0 saturated heterocycles. The summed E-state index contributed by atoms with van der Waals surface area (Å²) in [6, 6.07) is 8.62. The summed E-state index contributed by atoms with van der Waals surface area (Å²) in [5.41, 5.74) is 1.39. The summed E-state index contributed by atoms with van der Waals surface area (Å²) in [7, 11) is -3.61. The van der Waals surface area contributed by atoms with Gasteiger partial charge in [0.15, 0.2) is 0 Å². The Morgan fingerprint density at radius 3 is 2.33 bits per heavy atom. The normalized spacial score (nSPS) is 12.4. The molecule has 2 rings (SSSR count). The minimum absolute atomic E-state index is 0.0420. The highest BCUT2D eigenvalue weighted by molar-refractivity contribution is 9.11. The van der Waals surface area contributed by atoms with Crippen molar-refractivity contribution in [3.8, 4) is 0 Å². The van der Waals surface area contributed by atoms with Crippen LogP contribution in [0.25, 0.3) is 0 Å². The van der Waals surface area contributed by atoms with E-state index in [1.54, 1.807) is 24.3 Å². The van der Waals surface area contributed by atoms with E-state index in [0.29, 0.717) is 10.7 Å². The molecular weight excluding hydrogens is 394 g/mol. The first kappa shape index (κ1) is 16.8. The lowest BCUT2D eigenvalue weighted by molar-refractivity contribution is 0.590. The Hall–Kier alpha value is -0.560. The highest BCUT2D eigenvalue weighted by Crippen LogP contribution is 2.32. The summed E-state index contributed by atoms with van der Waals surface area (Å²) in [5.74, 6) is 0. The summed E-state index contributed by atoms with van der Waals surface area (Å²) in [6.07, 6.45) is 0. The van der Waals surface area contributed by atoms with E-state index in [1.807, 2.05) is 6.07 Å². The van der Waals surface area contributed by atoms with Gasteiger partial charge in [0.05, 0.1) is 14.5 Å². The van der Waals surface area contributed by atoms with Crippen molar-refractivity contribution in [2.75, 3.05) is 4.72 Å². The predicted octanol–water partition coefficient (Wildman–Crippen LogP) is 5.26. The third-order valence-electron chi connectivity index (χ3n) is 2.89. The summed E-state index contributed by atoms with van der Waals surface area (Å²) in [5, 5.41) is 0.390. The second kappa shape index (κ2) is 5.91. The van der Waals surface area contributed by atoms with Gasteiger partial charge in [0.2, 0.25) is 0 Å². The van der Waals surface area contributed by atoms with Gasteiger partial charge >= 0.3 is 0 Å². The molecule has 0 unspecified atom stereocenters. The first-order chi connectivity index (χ1) is 9.59. The van der Waals surface area contributed by atoms with Crippen LogP contribution < -0.4 is 4.72 Å². The lowest BCUT2D eigenvalue weighted by Crippen LogP contribution is -2.14. The SMILES string of the molecule is CC(C)(C)c1ccc(NS(=O)(=O)c2ccc(Br)s2)c(Cl)c1. The minimum Gasteiger partial charge on any atom is -0.277 e. The van der Waals surface area contributed by atoms with Gasteiger partial charge in [-0.1, -0.05) is 38.4 Å². The molecule has 1 N–H and O–H groups in total. The number of sulfonamides is 1. The first-order valence-electron chi connectivity index (χ1n) is 6.18. The summed E-state index contributed by atoms with van der Waals surface area (Å²) >= 11 is 10.6. The molecule has 7 heteroatoms. The molecule has 0 fully saturated rings. The summed E-state index contributed by atoms with van der Waals surface area (Å²) in [6.45, 7) is 6.23. The highest BCUT2D eigenvalue weighted by Gasteiger charge is 2.20. The molecule has 0 amide bonds.